The highest BCUT2D eigenvalue weighted by Crippen LogP contribution is 2.23. The van der Waals surface area contributed by atoms with Crippen molar-refractivity contribution in [1.82, 2.24) is 25.1 Å². The zero-order chi connectivity index (χ0) is 22.4. The van der Waals surface area contributed by atoms with E-state index in [1.807, 2.05) is 24.3 Å². The number of nitrogens with one attached hydrogen (secondary N) is 5. The molecule has 1 amide bonds. The molecule has 2 heterocycles. The topological polar surface area (TPSA) is 133 Å². The summed E-state index contributed by atoms with van der Waals surface area (Å²) in [5, 5.41) is 19.2. The molecule has 2 aromatic heterocycles. The summed E-state index contributed by atoms with van der Waals surface area (Å²) in [5.74, 6) is 1.43. The Labute approximate surface area is 185 Å². The van der Waals surface area contributed by atoms with Crippen molar-refractivity contribution in [3.63, 3.8) is 0 Å². The third kappa shape index (κ3) is 6.29. The second-order valence-electron chi connectivity index (χ2n) is 7.83. The number of halogens is 1. The molecular weight excluding hydrogens is 418 g/mol. The van der Waals surface area contributed by atoms with Gasteiger partial charge in [-0.15, -0.1) is 11.6 Å². The number of aromatic amines is 1. The van der Waals surface area contributed by atoms with Gasteiger partial charge in [-0.3, -0.25) is 9.89 Å². The van der Waals surface area contributed by atoms with Crippen molar-refractivity contribution in [1.29, 1.82) is 0 Å². The molecule has 5 N–H and O–H groups in total. The molecule has 164 valence electrons. The predicted molar refractivity (Wildman–Crippen MR) is 123 cm³/mol. The number of amides is 1. The van der Waals surface area contributed by atoms with Crippen LogP contribution in [-0.2, 0) is 16.8 Å². The maximum absolute atomic E-state index is 11.5. The van der Waals surface area contributed by atoms with Gasteiger partial charge in [0.25, 0.3) is 0 Å². The van der Waals surface area contributed by atoms with Crippen LogP contribution in [0.15, 0.2) is 30.3 Å². The summed E-state index contributed by atoms with van der Waals surface area (Å²) in [4.78, 5) is 24.6. The van der Waals surface area contributed by atoms with Crippen LogP contribution in [0.2, 0.25) is 0 Å². The van der Waals surface area contributed by atoms with E-state index >= 15 is 0 Å². The molecule has 0 spiro atoms. The van der Waals surface area contributed by atoms with Crippen molar-refractivity contribution in [3.05, 3.63) is 41.6 Å². The summed E-state index contributed by atoms with van der Waals surface area (Å²) in [7, 11) is 1.73. The quantitative estimate of drug-likeness (QED) is 0.334. The Hall–Kier alpha value is -3.40. The first-order chi connectivity index (χ1) is 14.8. The van der Waals surface area contributed by atoms with Gasteiger partial charge >= 0.3 is 0 Å². The highest BCUT2D eigenvalue weighted by atomic mass is 35.5. The van der Waals surface area contributed by atoms with Crippen LogP contribution < -0.4 is 21.3 Å². The number of benzene rings is 1. The van der Waals surface area contributed by atoms with Gasteiger partial charge in [0.1, 0.15) is 5.88 Å². The van der Waals surface area contributed by atoms with Crippen molar-refractivity contribution >= 4 is 46.9 Å². The largest absolute Gasteiger partial charge is 0.357 e. The van der Waals surface area contributed by atoms with E-state index in [0.717, 1.165) is 11.3 Å². The number of hydrogen-bond donors (Lipinski definition) is 5. The van der Waals surface area contributed by atoms with E-state index in [0.29, 0.717) is 35.9 Å². The zero-order valence-corrected chi connectivity index (χ0v) is 18.6. The number of alkyl halides is 1. The van der Waals surface area contributed by atoms with Crippen LogP contribution in [0.3, 0.4) is 0 Å². The second-order valence-corrected chi connectivity index (χ2v) is 8.10. The van der Waals surface area contributed by atoms with Gasteiger partial charge in [0.05, 0.1) is 0 Å². The molecule has 0 aliphatic carbocycles. The van der Waals surface area contributed by atoms with E-state index in [1.165, 1.54) is 0 Å². The van der Waals surface area contributed by atoms with E-state index in [2.05, 4.69) is 67.2 Å². The Morgan fingerprint density at radius 1 is 1.10 bits per heavy atom. The second kappa shape index (κ2) is 9.61. The molecule has 0 saturated carbocycles. The van der Waals surface area contributed by atoms with Crippen LogP contribution in [-0.4, -0.2) is 44.0 Å². The summed E-state index contributed by atoms with van der Waals surface area (Å²) in [5.41, 5.74) is 2.56. The Kier molecular flexibility index (Phi) is 6.91. The third-order valence-corrected chi connectivity index (χ3v) is 4.51. The Morgan fingerprint density at radius 2 is 1.84 bits per heavy atom. The molecule has 31 heavy (non-hydrogen) atoms. The summed E-state index contributed by atoms with van der Waals surface area (Å²) in [6, 6.07) is 9.37. The van der Waals surface area contributed by atoms with E-state index in [-0.39, 0.29) is 17.2 Å². The van der Waals surface area contributed by atoms with Gasteiger partial charge in [0.15, 0.2) is 5.82 Å². The Balaban J connectivity index is 1.71. The lowest BCUT2D eigenvalue weighted by Crippen LogP contribution is -2.13. The Bertz CT molecular complexity index is 1050. The lowest BCUT2D eigenvalue weighted by atomic mass is 9.92. The fourth-order valence-electron chi connectivity index (χ4n) is 2.64. The van der Waals surface area contributed by atoms with Gasteiger partial charge in [-0.05, 0) is 17.7 Å². The zero-order valence-electron chi connectivity index (χ0n) is 17.9. The maximum Gasteiger partial charge on any atom is 0.239 e. The number of hydrogen-bond acceptors (Lipinski definition) is 8. The molecule has 3 rings (SSSR count). The monoisotopic (exact) mass is 443 g/mol. The molecule has 0 saturated heterocycles. The number of carbonyl (C=O) groups is 1. The molecule has 0 fully saturated rings. The molecule has 0 aliphatic heterocycles. The van der Waals surface area contributed by atoms with Crippen molar-refractivity contribution < 1.29 is 4.79 Å². The predicted octanol–water partition coefficient (Wildman–Crippen LogP) is 3.47. The lowest BCUT2D eigenvalue weighted by Gasteiger charge is -2.14. The van der Waals surface area contributed by atoms with Crippen LogP contribution in [0.1, 0.15) is 32.0 Å². The highest BCUT2D eigenvalue weighted by Gasteiger charge is 2.17. The summed E-state index contributed by atoms with van der Waals surface area (Å²) in [6.07, 6.45) is 0. The minimum atomic E-state index is -0.258. The molecular formula is C20H26ClN9O. The number of rotatable bonds is 8. The first kappa shape index (κ1) is 22.3. The smallest absolute Gasteiger partial charge is 0.239 e. The minimum Gasteiger partial charge on any atom is -0.357 e. The van der Waals surface area contributed by atoms with E-state index in [4.69, 9.17) is 11.6 Å². The molecule has 0 atom stereocenters. The molecule has 10 nitrogen and oxygen atoms in total. The van der Waals surface area contributed by atoms with Crippen molar-refractivity contribution in [3.8, 4) is 0 Å². The molecule has 1 aromatic carbocycles. The van der Waals surface area contributed by atoms with Crippen molar-refractivity contribution in [2.24, 2.45) is 0 Å². The van der Waals surface area contributed by atoms with Crippen LogP contribution >= 0.6 is 11.6 Å². The van der Waals surface area contributed by atoms with Gasteiger partial charge in [0.2, 0.25) is 23.8 Å². The maximum atomic E-state index is 11.5. The van der Waals surface area contributed by atoms with E-state index < -0.39 is 0 Å². The highest BCUT2D eigenvalue weighted by molar-refractivity contribution is 6.29. The van der Waals surface area contributed by atoms with Crippen LogP contribution in [0, 0.1) is 0 Å². The van der Waals surface area contributed by atoms with Crippen LogP contribution in [0.4, 0.5) is 29.4 Å². The van der Waals surface area contributed by atoms with Gasteiger partial charge in [-0.2, -0.15) is 20.1 Å². The van der Waals surface area contributed by atoms with Gasteiger partial charge in [-0.1, -0.05) is 32.9 Å². The normalized spacial score (nSPS) is 11.1. The molecule has 0 aliphatic rings. The van der Waals surface area contributed by atoms with Crippen molar-refractivity contribution in [2.75, 3.05) is 34.2 Å². The van der Waals surface area contributed by atoms with Gasteiger partial charge < -0.3 is 21.3 Å². The first-order valence-electron chi connectivity index (χ1n) is 9.72. The minimum absolute atomic E-state index is 0.0490. The number of aromatic nitrogens is 5. The molecule has 11 heteroatoms. The van der Waals surface area contributed by atoms with Crippen LogP contribution in [0.25, 0.3) is 0 Å². The Morgan fingerprint density at radius 3 is 2.52 bits per heavy atom. The third-order valence-electron chi connectivity index (χ3n) is 4.27. The summed E-state index contributed by atoms with van der Waals surface area (Å²) >= 11 is 5.54. The van der Waals surface area contributed by atoms with E-state index in [9.17, 15) is 4.79 Å². The molecule has 3 aromatic rings. The van der Waals surface area contributed by atoms with Crippen molar-refractivity contribution in [2.45, 2.75) is 32.7 Å². The average Bonchev–Trinajstić information content (AvgIpc) is 3.21. The van der Waals surface area contributed by atoms with Gasteiger partial charge in [0, 0.05) is 36.5 Å². The van der Waals surface area contributed by atoms with Crippen LogP contribution in [0.5, 0.6) is 0 Å². The fraction of sp³-hybridized carbons (Fsp3) is 0.350. The summed E-state index contributed by atoms with van der Waals surface area (Å²) < 4.78 is 0. The molecule has 0 radical (unpaired) electrons. The number of H-pyrrole nitrogens is 1. The molecule has 0 bridgehead atoms. The molecule has 0 unspecified atom stereocenters. The number of carbonyl (C=O) groups excluding carboxylic acids is 1. The lowest BCUT2D eigenvalue weighted by molar-refractivity contribution is -0.113. The number of anilines is 5. The van der Waals surface area contributed by atoms with E-state index in [1.54, 1.807) is 13.1 Å². The SMILES string of the molecule is CNc1nc(NCc2cccc(NC(=O)CCl)c2)nc(Nc2cc(C(C)(C)C)[nH]n2)n1. The number of nitrogens with zero attached hydrogens (tertiary/aromatic N) is 4. The summed E-state index contributed by atoms with van der Waals surface area (Å²) in [6.45, 7) is 6.76. The van der Waals surface area contributed by atoms with Gasteiger partial charge in [-0.25, -0.2) is 0 Å². The first-order valence-corrected chi connectivity index (χ1v) is 10.3. The fourth-order valence-corrected chi connectivity index (χ4v) is 2.71. The average molecular weight is 444 g/mol. The standard InChI is InChI=1S/C20H26ClN9O/c1-20(2,3)14-9-15(30-29-14)25-19-27-17(22-4)26-18(28-19)23-11-12-6-5-7-13(8-12)24-16(31)10-21/h5-9H,10-11H2,1-4H3,(H,24,31)(H4,22,23,25,26,27,28,29,30).